The van der Waals surface area contributed by atoms with Crippen molar-refractivity contribution in [1.29, 1.82) is 0 Å². The van der Waals surface area contributed by atoms with Gasteiger partial charge in [-0.05, 0) is 18.4 Å². The minimum atomic E-state index is -4.04. The van der Waals surface area contributed by atoms with Crippen LogP contribution in [0, 0.1) is 0 Å². The molecule has 0 radical (unpaired) electrons. The zero-order valence-electron chi connectivity index (χ0n) is 6.60. The topological polar surface area (TPSA) is 54.4 Å². The van der Waals surface area contributed by atoms with Crippen LogP contribution in [0.3, 0.4) is 0 Å². The molecule has 1 aromatic heterocycles. The molecule has 0 spiro atoms. The van der Waals surface area contributed by atoms with Gasteiger partial charge >= 0.3 is 0 Å². The summed E-state index contributed by atoms with van der Waals surface area (Å²) in [5, 5.41) is 0. The molecule has 1 aromatic rings. The van der Waals surface area contributed by atoms with Gasteiger partial charge in [-0.15, -0.1) is 23.1 Å². The van der Waals surface area contributed by atoms with Crippen LogP contribution < -0.4 is 0 Å². The Bertz CT molecular complexity index is 384. The fourth-order valence-electron chi connectivity index (χ4n) is 0.839. The Kier molecular flexibility index (Phi) is 3.64. The third-order valence-electron chi connectivity index (χ3n) is 1.31. The lowest BCUT2D eigenvalue weighted by Crippen LogP contribution is -2.06. The van der Waals surface area contributed by atoms with Crippen molar-refractivity contribution in [2.75, 3.05) is 6.26 Å². The lowest BCUT2D eigenvalue weighted by Gasteiger charge is -2.07. The standard InChI is InChI=1S/C6H7ClO3S3/c1-11-6(13(8,9)10)4-2-3-5(7)12-4/h2-3,6H,1H3,(H,8,9,10). The highest BCUT2D eigenvalue weighted by Gasteiger charge is 2.25. The monoisotopic (exact) mass is 258 g/mol. The van der Waals surface area contributed by atoms with Crippen molar-refractivity contribution < 1.29 is 13.0 Å². The third-order valence-corrected chi connectivity index (χ3v) is 5.69. The summed E-state index contributed by atoms with van der Waals surface area (Å²) in [5.74, 6) is 0. The number of thioether (sulfide) groups is 1. The van der Waals surface area contributed by atoms with Crippen LogP contribution in [-0.4, -0.2) is 19.2 Å². The van der Waals surface area contributed by atoms with Crippen LogP contribution in [-0.2, 0) is 10.1 Å². The van der Waals surface area contributed by atoms with Crippen molar-refractivity contribution in [2.45, 2.75) is 4.58 Å². The molecule has 13 heavy (non-hydrogen) atoms. The van der Waals surface area contributed by atoms with E-state index in [1.54, 1.807) is 18.4 Å². The molecule has 0 saturated carbocycles. The van der Waals surface area contributed by atoms with Gasteiger partial charge < -0.3 is 0 Å². The smallest absolute Gasteiger partial charge is 0.282 e. The zero-order chi connectivity index (χ0) is 10.1. The summed E-state index contributed by atoms with van der Waals surface area (Å²) in [6.07, 6.45) is 1.62. The lowest BCUT2D eigenvalue weighted by atomic mass is 10.5. The van der Waals surface area contributed by atoms with E-state index in [9.17, 15) is 8.42 Å². The molecular formula is C6H7ClO3S3. The van der Waals surface area contributed by atoms with Crippen molar-refractivity contribution in [1.82, 2.24) is 0 Å². The maximum atomic E-state index is 10.9. The second-order valence-corrected chi connectivity index (χ2v) is 6.71. The Hall–Kier alpha value is 0.250. The minimum absolute atomic E-state index is 0.512. The number of hydrogen-bond acceptors (Lipinski definition) is 4. The molecule has 1 rings (SSSR count). The molecule has 1 heterocycles. The van der Waals surface area contributed by atoms with E-state index in [1.807, 2.05) is 0 Å². The van der Waals surface area contributed by atoms with Gasteiger partial charge in [0.2, 0.25) is 0 Å². The van der Waals surface area contributed by atoms with E-state index in [2.05, 4.69) is 0 Å². The first-order chi connectivity index (χ1) is 5.95. The Labute approximate surface area is 89.9 Å². The average molecular weight is 259 g/mol. The third kappa shape index (κ3) is 2.85. The van der Waals surface area contributed by atoms with Crippen molar-refractivity contribution in [3.8, 4) is 0 Å². The van der Waals surface area contributed by atoms with Crippen LogP contribution in [0.2, 0.25) is 4.34 Å². The molecule has 0 aliphatic rings. The minimum Gasteiger partial charge on any atom is -0.284 e. The normalized spacial score (nSPS) is 14.4. The van der Waals surface area contributed by atoms with Gasteiger partial charge in [0.05, 0.1) is 4.34 Å². The number of hydrogen-bond donors (Lipinski definition) is 1. The molecule has 1 N–H and O–H groups in total. The molecule has 7 heteroatoms. The summed E-state index contributed by atoms with van der Waals surface area (Å²) < 4.78 is 30.2. The Morgan fingerprint density at radius 2 is 2.23 bits per heavy atom. The highest BCUT2D eigenvalue weighted by atomic mass is 35.5. The van der Waals surface area contributed by atoms with E-state index in [4.69, 9.17) is 16.2 Å². The SMILES string of the molecule is CSC(c1ccc(Cl)s1)S(=O)(=O)O. The fourth-order valence-corrected chi connectivity index (χ4v) is 4.36. The summed E-state index contributed by atoms with van der Waals surface area (Å²) in [4.78, 5) is 0.542. The molecule has 0 aromatic carbocycles. The van der Waals surface area contributed by atoms with Crippen molar-refractivity contribution >= 4 is 44.8 Å². The summed E-state index contributed by atoms with van der Waals surface area (Å²) in [6.45, 7) is 0. The van der Waals surface area contributed by atoms with E-state index >= 15 is 0 Å². The lowest BCUT2D eigenvalue weighted by molar-refractivity contribution is 0.481. The van der Waals surface area contributed by atoms with Crippen LogP contribution in [0.25, 0.3) is 0 Å². The molecule has 3 nitrogen and oxygen atoms in total. The summed E-state index contributed by atoms with van der Waals surface area (Å²) in [7, 11) is -4.04. The van der Waals surface area contributed by atoms with E-state index in [1.165, 1.54) is 0 Å². The maximum absolute atomic E-state index is 10.9. The molecule has 0 saturated heterocycles. The summed E-state index contributed by atoms with van der Waals surface area (Å²) in [5.41, 5.74) is 0. The van der Waals surface area contributed by atoms with Crippen LogP contribution >= 0.6 is 34.7 Å². The zero-order valence-corrected chi connectivity index (χ0v) is 9.80. The second-order valence-electron chi connectivity index (χ2n) is 2.22. The van der Waals surface area contributed by atoms with Crippen LogP contribution in [0.5, 0.6) is 0 Å². The quantitative estimate of drug-likeness (QED) is 0.847. The molecule has 0 aliphatic carbocycles. The fraction of sp³-hybridized carbons (Fsp3) is 0.333. The molecule has 0 fully saturated rings. The van der Waals surface area contributed by atoms with Crippen molar-refractivity contribution in [3.63, 3.8) is 0 Å². The van der Waals surface area contributed by atoms with Gasteiger partial charge in [0.1, 0.15) is 0 Å². The summed E-state index contributed by atoms with van der Waals surface area (Å²) >= 11 is 7.85. The van der Waals surface area contributed by atoms with Gasteiger partial charge in [-0.3, -0.25) is 4.55 Å². The predicted octanol–water partition coefficient (Wildman–Crippen LogP) is 2.65. The van der Waals surface area contributed by atoms with Crippen LogP contribution in [0.1, 0.15) is 9.46 Å². The van der Waals surface area contributed by atoms with E-state index in [0.717, 1.165) is 23.1 Å². The Morgan fingerprint density at radius 3 is 2.54 bits per heavy atom. The molecular weight excluding hydrogens is 252 g/mol. The molecule has 1 atom stereocenters. The van der Waals surface area contributed by atoms with Crippen LogP contribution in [0.4, 0.5) is 0 Å². The molecule has 0 bridgehead atoms. The molecule has 74 valence electrons. The van der Waals surface area contributed by atoms with Gasteiger partial charge in [0, 0.05) is 4.88 Å². The number of thiophene rings is 1. The van der Waals surface area contributed by atoms with Gasteiger partial charge in [0.25, 0.3) is 10.1 Å². The average Bonchev–Trinajstić information content (AvgIpc) is 2.34. The second kappa shape index (κ2) is 4.18. The first kappa shape index (κ1) is 11.3. The number of rotatable bonds is 3. The van der Waals surface area contributed by atoms with Crippen molar-refractivity contribution in [3.05, 3.63) is 21.3 Å². The molecule has 1 unspecified atom stereocenters. The first-order valence-electron chi connectivity index (χ1n) is 3.19. The van der Waals surface area contributed by atoms with Gasteiger partial charge in [-0.25, -0.2) is 0 Å². The highest BCUT2D eigenvalue weighted by Crippen LogP contribution is 2.37. The maximum Gasteiger partial charge on any atom is 0.282 e. The molecule has 0 amide bonds. The summed E-state index contributed by atoms with van der Waals surface area (Å²) in [6, 6.07) is 3.21. The van der Waals surface area contributed by atoms with E-state index < -0.39 is 14.7 Å². The largest absolute Gasteiger partial charge is 0.284 e. The van der Waals surface area contributed by atoms with Gasteiger partial charge in [-0.1, -0.05) is 11.6 Å². The first-order valence-corrected chi connectivity index (χ1v) is 7.18. The van der Waals surface area contributed by atoms with Gasteiger partial charge in [0.15, 0.2) is 4.58 Å². The Morgan fingerprint density at radius 1 is 1.62 bits per heavy atom. The van der Waals surface area contributed by atoms with Crippen LogP contribution in [0.15, 0.2) is 12.1 Å². The van der Waals surface area contributed by atoms with E-state index in [-0.39, 0.29) is 0 Å². The van der Waals surface area contributed by atoms with E-state index in [0.29, 0.717) is 9.21 Å². The van der Waals surface area contributed by atoms with Crippen molar-refractivity contribution in [2.24, 2.45) is 0 Å². The highest BCUT2D eigenvalue weighted by molar-refractivity contribution is 8.10. The predicted molar refractivity (Wildman–Crippen MR) is 57.1 cm³/mol. The number of halogens is 1. The molecule has 0 aliphatic heterocycles. The van der Waals surface area contributed by atoms with Gasteiger partial charge in [-0.2, -0.15) is 8.42 Å². The Balaban J connectivity index is 3.05.